The minimum atomic E-state index is -0.898. The third-order valence-corrected chi connectivity index (χ3v) is 5.88. The summed E-state index contributed by atoms with van der Waals surface area (Å²) in [7, 11) is 3.30. The number of benzene rings is 3. The highest BCUT2D eigenvalue weighted by molar-refractivity contribution is 5.78. The minimum Gasteiger partial charge on any atom is -0.497 e. The molecule has 3 rings (SSSR count). The van der Waals surface area contributed by atoms with E-state index < -0.39 is 5.60 Å². The van der Waals surface area contributed by atoms with Gasteiger partial charge in [-0.2, -0.15) is 0 Å². The Morgan fingerprint density at radius 2 is 1.31 bits per heavy atom. The number of ether oxygens (including phenoxy) is 3. The maximum absolute atomic E-state index is 12.3. The van der Waals surface area contributed by atoms with Gasteiger partial charge in [-0.05, 0) is 54.8 Å². The number of hydrogen-bond donors (Lipinski definition) is 2. The fraction of sp³-hybridized carbons (Fsp3) is 0.276. The Morgan fingerprint density at radius 1 is 0.800 bits per heavy atom. The zero-order valence-corrected chi connectivity index (χ0v) is 20.8. The Morgan fingerprint density at radius 3 is 1.80 bits per heavy atom. The van der Waals surface area contributed by atoms with Crippen molar-refractivity contribution in [3.05, 3.63) is 107 Å². The average Bonchev–Trinajstić information content (AvgIpc) is 2.92. The second kappa shape index (κ2) is 12.6. The molecular weight excluding hydrogens is 440 g/mol. The number of carbonyl (C=O) groups excluding carboxylic acids is 1. The normalized spacial score (nSPS) is 11.6. The van der Waals surface area contributed by atoms with Gasteiger partial charge in [0.25, 0.3) is 0 Å². The van der Waals surface area contributed by atoms with Gasteiger partial charge in [0.05, 0.1) is 27.4 Å². The molecule has 0 atom stereocenters. The van der Waals surface area contributed by atoms with Gasteiger partial charge in [0, 0.05) is 12.2 Å². The smallest absolute Gasteiger partial charge is 0.239 e. The molecule has 1 amide bonds. The van der Waals surface area contributed by atoms with Gasteiger partial charge in [0.2, 0.25) is 5.91 Å². The van der Waals surface area contributed by atoms with Gasteiger partial charge in [-0.25, -0.2) is 0 Å². The van der Waals surface area contributed by atoms with E-state index in [1.807, 2.05) is 86.7 Å². The van der Waals surface area contributed by atoms with Crippen LogP contribution in [0.4, 0.5) is 0 Å². The van der Waals surface area contributed by atoms with E-state index in [4.69, 9.17) is 14.2 Å². The fourth-order valence-electron chi connectivity index (χ4n) is 3.85. The highest BCUT2D eigenvalue weighted by atomic mass is 16.5. The molecule has 0 fully saturated rings. The molecule has 184 valence electrons. The van der Waals surface area contributed by atoms with Crippen LogP contribution in [0.2, 0.25) is 0 Å². The van der Waals surface area contributed by atoms with E-state index in [-0.39, 0.29) is 12.5 Å². The van der Waals surface area contributed by atoms with Crippen LogP contribution in [0, 0.1) is 0 Å². The molecule has 0 bridgehead atoms. The molecule has 0 saturated carbocycles. The molecule has 3 aromatic carbocycles. The fourth-order valence-corrected chi connectivity index (χ4v) is 3.85. The van der Waals surface area contributed by atoms with Crippen molar-refractivity contribution in [1.29, 1.82) is 0 Å². The number of hydrogen-bond acceptors (Lipinski definition) is 5. The molecule has 0 aromatic heterocycles. The van der Waals surface area contributed by atoms with Crippen molar-refractivity contribution in [2.24, 2.45) is 0 Å². The third kappa shape index (κ3) is 6.43. The monoisotopic (exact) mass is 474 g/mol. The molecule has 35 heavy (non-hydrogen) atoms. The van der Waals surface area contributed by atoms with E-state index in [0.717, 1.165) is 33.9 Å². The van der Waals surface area contributed by atoms with Gasteiger partial charge in [-0.1, -0.05) is 60.7 Å². The largest absolute Gasteiger partial charge is 0.497 e. The quantitative estimate of drug-likeness (QED) is 0.296. The second-order valence-corrected chi connectivity index (χ2v) is 8.03. The molecule has 0 saturated heterocycles. The summed E-state index contributed by atoms with van der Waals surface area (Å²) in [6, 6.07) is 25.8. The lowest BCUT2D eigenvalue weighted by atomic mass is 9.80. The summed E-state index contributed by atoms with van der Waals surface area (Å²) in [4.78, 5) is 12.3. The third-order valence-electron chi connectivity index (χ3n) is 5.88. The van der Waals surface area contributed by atoms with Crippen molar-refractivity contribution in [2.45, 2.75) is 19.4 Å². The molecule has 6 heteroatoms. The van der Waals surface area contributed by atoms with Crippen LogP contribution < -0.4 is 20.1 Å². The first-order valence-electron chi connectivity index (χ1n) is 11.7. The van der Waals surface area contributed by atoms with Crippen LogP contribution in [-0.2, 0) is 15.1 Å². The average molecular weight is 475 g/mol. The molecule has 0 aliphatic rings. The van der Waals surface area contributed by atoms with Crippen molar-refractivity contribution < 1.29 is 19.0 Å². The van der Waals surface area contributed by atoms with Crippen LogP contribution in [0.15, 0.2) is 90.6 Å². The van der Waals surface area contributed by atoms with Gasteiger partial charge in [0.1, 0.15) is 17.1 Å². The molecule has 3 aromatic rings. The Bertz CT molecular complexity index is 1050. The van der Waals surface area contributed by atoms with Crippen molar-refractivity contribution >= 4 is 5.91 Å². The van der Waals surface area contributed by atoms with Crippen molar-refractivity contribution in [1.82, 2.24) is 10.6 Å². The Labute approximate surface area is 207 Å². The summed E-state index contributed by atoms with van der Waals surface area (Å²) in [5.74, 6) is 1.44. The van der Waals surface area contributed by atoms with Crippen LogP contribution >= 0.6 is 0 Å². The van der Waals surface area contributed by atoms with E-state index in [0.29, 0.717) is 13.2 Å². The van der Waals surface area contributed by atoms with Crippen molar-refractivity contribution in [2.75, 3.05) is 33.9 Å². The first kappa shape index (κ1) is 25.8. The van der Waals surface area contributed by atoms with E-state index in [2.05, 4.69) is 22.8 Å². The number of carbonyl (C=O) groups is 1. The van der Waals surface area contributed by atoms with Crippen LogP contribution in [0.1, 0.15) is 30.5 Å². The number of allylic oxidation sites excluding steroid dienone is 2. The summed E-state index contributed by atoms with van der Waals surface area (Å²) in [5.41, 5.74) is 2.94. The molecule has 0 spiro atoms. The van der Waals surface area contributed by atoms with E-state index in [9.17, 15) is 4.79 Å². The lowest BCUT2D eigenvalue weighted by Crippen LogP contribution is -2.38. The van der Waals surface area contributed by atoms with E-state index in [1.165, 1.54) is 0 Å². The predicted octanol–water partition coefficient (Wildman–Crippen LogP) is 4.64. The molecule has 0 heterocycles. The minimum absolute atomic E-state index is 0.0889. The maximum Gasteiger partial charge on any atom is 0.239 e. The Balaban J connectivity index is 1.93. The van der Waals surface area contributed by atoms with Gasteiger partial charge >= 0.3 is 0 Å². The molecule has 6 nitrogen and oxygen atoms in total. The van der Waals surface area contributed by atoms with Crippen LogP contribution in [-0.4, -0.2) is 39.8 Å². The van der Waals surface area contributed by atoms with Crippen molar-refractivity contribution in [3.8, 4) is 11.5 Å². The first-order chi connectivity index (χ1) is 17.0. The standard InChI is InChI=1S/C29H34N2O4/c1-5-22(2)31-21-28(32)30-19-20-35-29(23-9-7-6-8-10-23,24-11-15-26(33-3)16-12-24)25-13-17-27(34-4)18-14-25/h5-18,31H,19-21H2,1-4H3,(H,30,32)/b22-5+. The lowest BCUT2D eigenvalue weighted by Gasteiger charge is -2.36. The number of rotatable bonds is 12. The van der Waals surface area contributed by atoms with Gasteiger partial charge < -0.3 is 24.8 Å². The molecule has 0 radical (unpaired) electrons. The summed E-state index contributed by atoms with van der Waals surface area (Å²) in [5, 5.41) is 6.00. The molecule has 0 aliphatic heterocycles. The number of nitrogens with one attached hydrogen (secondary N) is 2. The summed E-state index contributed by atoms with van der Waals surface area (Å²) >= 11 is 0. The lowest BCUT2D eigenvalue weighted by molar-refractivity contribution is -0.120. The molecule has 0 unspecified atom stereocenters. The highest BCUT2D eigenvalue weighted by Gasteiger charge is 2.37. The summed E-state index contributed by atoms with van der Waals surface area (Å²) in [6.07, 6.45) is 1.92. The summed E-state index contributed by atoms with van der Waals surface area (Å²) in [6.45, 7) is 4.75. The molecular formula is C29H34N2O4. The van der Waals surface area contributed by atoms with E-state index >= 15 is 0 Å². The van der Waals surface area contributed by atoms with Gasteiger partial charge in [0.15, 0.2) is 0 Å². The topological polar surface area (TPSA) is 68.8 Å². The Kier molecular flexibility index (Phi) is 9.32. The van der Waals surface area contributed by atoms with Crippen LogP contribution in [0.25, 0.3) is 0 Å². The Hall–Kier alpha value is -3.77. The predicted molar refractivity (Wildman–Crippen MR) is 139 cm³/mol. The van der Waals surface area contributed by atoms with Gasteiger partial charge in [-0.15, -0.1) is 0 Å². The highest BCUT2D eigenvalue weighted by Crippen LogP contribution is 2.41. The zero-order valence-electron chi connectivity index (χ0n) is 20.8. The SMILES string of the molecule is C/C=C(\C)NCC(=O)NCCOC(c1ccccc1)(c1ccc(OC)cc1)c1ccc(OC)cc1. The second-order valence-electron chi connectivity index (χ2n) is 8.03. The van der Waals surface area contributed by atoms with E-state index in [1.54, 1.807) is 14.2 Å². The maximum atomic E-state index is 12.3. The number of methoxy groups -OCH3 is 2. The van der Waals surface area contributed by atoms with Gasteiger partial charge in [-0.3, -0.25) is 4.79 Å². The zero-order chi connectivity index (χ0) is 25.1. The molecule has 2 N–H and O–H groups in total. The summed E-state index contributed by atoms with van der Waals surface area (Å²) < 4.78 is 17.5. The van der Waals surface area contributed by atoms with Crippen LogP contribution in [0.3, 0.4) is 0 Å². The molecule has 0 aliphatic carbocycles. The number of amides is 1. The van der Waals surface area contributed by atoms with Crippen LogP contribution in [0.5, 0.6) is 11.5 Å². The first-order valence-corrected chi connectivity index (χ1v) is 11.7. The van der Waals surface area contributed by atoms with Crippen molar-refractivity contribution in [3.63, 3.8) is 0 Å².